The molecule has 2 aliphatic rings. The molecule has 1 aliphatic carbocycles. The number of amides is 1. The summed E-state index contributed by atoms with van der Waals surface area (Å²) in [4.78, 5) is 14.6. The van der Waals surface area contributed by atoms with Gasteiger partial charge in [-0.1, -0.05) is 12.8 Å². The minimum atomic E-state index is -0.0117. The molecule has 1 N–H and O–H groups in total. The summed E-state index contributed by atoms with van der Waals surface area (Å²) >= 11 is 0. The highest BCUT2D eigenvalue weighted by molar-refractivity contribution is 5.82. The molecule has 1 saturated heterocycles. The molecule has 3 nitrogen and oxygen atoms in total. The summed E-state index contributed by atoms with van der Waals surface area (Å²) in [5.41, 5.74) is 0.0177. The number of hydrogen-bond donors (Lipinski definition) is 1. The third kappa shape index (κ3) is 2.10. The lowest BCUT2D eigenvalue weighted by molar-refractivity contribution is -0.140. The van der Waals surface area contributed by atoms with Gasteiger partial charge in [0.25, 0.3) is 0 Å². The average Bonchev–Trinajstić information content (AvgIpc) is 2.66. The summed E-state index contributed by atoms with van der Waals surface area (Å²) in [6.07, 6.45) is 6.02. The van der Waals surface area contributed by atoms with Gasteiger partial charge in [0.05, 0.1) is 6.04 Å². The molecule has 1 atom stereocenters. The summed E-state index contributed by atoms with van der Waals surface area (Å²) in [5, 5.41) is 3.31. The molecule has 0 aromatic carbocycles. The molecule has 0 spiro atoms. The fourth-order valence-corrected chi connectivity index (χ4v) is 3.15. The van der Waals surface area contributed by atoms with E-state index in [0.29, 0.717) is 11.9 Å². The number of hydrogen-bond acceptors (Lipinski definition) is 2. The van der Waals surface area contributed by atoms with Crippen LogP contribution in [0.15, 0.2) is 0 Å². The minimum Gasteiger partial charge on any atom is -0.333 e. The lowest BCUT2D eigenvalue weighted by Gasteiger charge is -2.42. The second-order valence-electron chi connectivity index (χ2n) is 5.88. The molecule has 0 aromatic rings. The van der Waals surface area contributed by atoms with Crippen LogP contribution in [0.1, 0.15) is 52.9 Å². The van der Waals surface area contributed by atoms with Gasteiger partial charge in [-0.25, -0.2) is 0 Å². The first-order valence-electron chi connectivity index (χ1n) is 6.59. The summed E-state index contributed by atoms with van der Waals surface area (Å²) < 4.78 is 0. The van der Waals surface area contributed by atoms with E-state index in [-0.39, 0.29) is 11.6 Å². The molecule has 0 aromatic heterocycles. The fraction of sp³-hybridized carbons (Fsp3) is 0.923. The zero-order valence-corrected chi connectivity index (χ0v) is 10.8. The van der Waals surface area contributed by atoms with E-state index in [1.165, 1.54) is 25.7 Å². The smallest absolute Gasteiger partial charge is 0.240 e. The van der Waals surface area contributed by atoms with Crippen LogP contribution >= 0.6 is 0 Å². The van der Waals surface area contributed by atoms with Gasteiger partial charge in [-0.15, -0.1) is 0 Å². The molecule has 1 amide bonds. The average molecular weight is 224 g/mol. The van der Waals surface area contributed by atoms with Gasteiger partial charge in [0.15, 0.2) is 0 Å². The summed E-state index contributed by atoms with van der Waals surface area (Å²) in [7, 11) is 0. The molecule has 1 heterocycles. The second-order valence-corrected chi connectivity index (χ2v) is 5.88. The molecule has 1 saturated carbocycles. The molecule has 2 fully saturated rings. The SMILES string of the molecule is CC1NCCC(C)(C)N(C2CCCC2)C1=O. The maximum atomic E-state index is 12.4. The Morgan fingerprint density at radius 1 is 1.31 bits per heavy atom. The Balaban J connectivity index is 2.23. The van der Waals surface area contributed by atoms with E-state index >= 15 is 0 Å². The normalized spacial score (nSPS) is 31.8. The van der Waals surface area contributed by atoms with Gasteiger partial charge in [0.2, 0.25) is 5.91 Å². The van der Waals surface area contributed by atoms with Crippen LogP contribution in [0.5, 0.6) is 0 Å². The summed E-state index contributed by atoms with van der Waals surface area (Å²) in [6.45, 7) is 7.36. The van der Waals surface area contributed by atoms with Gasteiger partial charge >= 0.3 is 0 Å². The van der Waals surface area contributed by atoms with E-state index in [4.69, 9.17) is 0 Å². The van der Waals surface area contributed by atoms with Crippen molar-refractivity contribution in [3.05, 3.63) is 0 Å². The maximum absolute atomic E-state index is 12.4. The quantitative estimate of drug-likeness (QED) is 0.738. The van der Waals surface area contributed by atoms with Gasteiger partial charge in [-0.3, -0.25) is 4.79 Å². The van der Waals surface area contributed by atoms with Crippen molar-refractivity contribution in [2.75, 3.05) is 6.54 Å². The highest BCUT2D eigenvalue weighted by atomic mass is 16.2. The van der Waals surface area contributed by atoms with Crippen molar-refractivity contribution < 1.29 is 4.79 Å². The van der Waals surface area contributed by atoms with Crippen molar-refractivity contribution in [2.45, 2.75) is 70.5 Å². The number of nitrogens with one attached hydrogen (secondary N) is 1. The summed E-state index contributed by atoms with van der Waals surface area (Å²) in [5.74, 6) is 0.300. The van der Waals surface area contributed by atoms with E-state index in [0.717, 1.165) is 13.0 Å². The highest BCUT2D eigenvalue weighted by Crippen LogP contribution is 2.32. The van der Waals surface area contributed by atoms with Crippen molar-refractivity contribution >= 4 is 5.91 Å². The Morgan fingerprint density at radius 3 is 2.56 bits per heavy atom. The Labute approximate surface area is 98.6 Å². The third-order valence-electron chi connectivity index (χ3n) is 4.14. The van der Waals surface area contributed by atoms with Crippen LogP contribution in [0.2, 0.25) is 0 Å². The minimum absolute atomic E-state index is 0.0117. The van der Waals surface area contributed by atoms with E-state index < -0.39 is 0 Å². The van der Waals surface area contributed by atoms with Crippen molar-refractivity contribution in [3.63, 3.8) is 0 Å². The monoisotopic (exact) mass is 224 g/mol. The van der Waals surface area contributed by atoms with Gasteiger partial charge in [0.1, 0.15) is 0 Å². The lowest BCUT2D eigenvalue weighted by Crippen LogP contribution is -2.54. The topological polar surface area (TPSA) is 32.3 Å². The molecule has 1 unspecified atom stereocenters. The molecule has 16 heavy (non-hydrogen) atoms. The molecule has 92 valence electrons. The van der Waals surface area contributed by atoms with Crippen molar-refractivity contribution in [3.8, 4) is 0 Å². The van der Waals surface area contributed by atoms with Crippen LogP contribution in [0.25, 0.3) is 0 Å². The Kier molecular flexibility index (Phi) is 3.24. The zero-order valence-electron chi connectivity index (χ0n) is 10.8. The number of carbonyl (C=O) groups is 1. The van der Waals surface area contributed by atoms with Crippen LogP contribution in [-0.2, 0) is 4.79 Å². The molecule has 0 bridgehead atoms. The van der Waals surface area contributed by atoms with E-state index in [1.54, 1.807) is 0 Å². The highest BCUT2D eigenvalue weighted by Gasteiger charge is 2.40. The molecular formula is C13H24N2O. The standard InChI is InChI=1S/C13H24N2O/c1-10-12(16)15(11-6-4-5-7-11)13(2,3)8-9-14-10/h10-11,14H,4-9H2,1-3H3. The molecule has 3 heteroatoms. The predicted octanol–water partition coefficient (Wildman–Crippen LogP) is 1.92. The lowest BCUT2D eigenvalue weighted by atomic mass is 9.95. The van der Waals surface area contributed by atoms with Crippen LogP contribution in [-0.4, -0.2) is 35.0 Å². The first-order chi connectivity index (χ1) is 7.52. The van der Waals surface area contributed by atoms with Gasteiger partial charge in [0, 0.05) is 11.6 Å². The molecule has 1 aliphatic heterocycles. The molecule has 0 radical (unpaired) electrons. The zero-order chi connectivity index (χ0) is 11.8. The van der Waals surface area contributed by atoms with Crippen molar-refractivity contribution in [1.82, 2.24) is 10.2 Å². The molecule has 2 rings (SSSR count). The first-order valence-corrected chi connectivity index (χ1v) is 6.59. The largest absolute Gasteiger partial charge is 0.333 e. The maximum Gasteiger partial charge on any atom is 0.240 e. The van der Waals surface area contributed by atoms with Crippen molar-refractivity contribution in [1.29, 1.82) is 0 Å². The van der Waals surface area contributed by atoms with E-state index in [1.807, 2.05) is 6.92 Å². The van der Waals surface area contributed by atoms with Crippen LogP contribution in [0.3, 0.4) is 0 Å². The fourth-order valence-electron chi connectivity index (χ4n) is 3.15. The van der Waals surface area contributed by atoms with Crippen LogP contribution < -0.4 is 5.32 Å². The van der Waals surface area contributed by atoms with Crippen LogP contribution in [0.4, 0.5) is 0 Å². The Bertz CT molecular complexity index is 269. The van der Waals surface area contributed by atoms with E-state index in [9.17, 15) is 4.79 Å². The van der Waals surface area contributed by atoms with E-state index in [2.05, 4.69) is 24.1 Å². The van der Waals surface area contributed by atoms with Gasteiger partial charge in [-0.05, 0) is 46.6 Å². The number of rotatable bonds is 1. The van der Waals surface area contributed by atoms with Gasteiger partial charge in [-0.2, -0.15) is 0 Å². The molecular weight excluding hydrogens is 200 g/mol. The van der Waals surface area contributed by atoms with Crippen LogP contribution in [0, 0.1) is 0 Å². The Morgan fingerprint density at radius 2 is 1.94 bits per heavy atom. The number of nitrogens with zero attached hydrogens (tertiary/aromatic N) is 1. The Hall–Kier alpha value is -0.570. The predicted molar refractivity (Wildman–Crippen MR) is 65.3 cm³/mol. The third-order valence-corrected chi connectivity index (χ3v) is 4.14. The first kappa shape index (κ1) is 11.9. The second kappa shape index (κ2) is 4.36. The van der Waals surface area contributed by atoms with Gasteiger partial charge < -0.3 is 10.2 Å². The van der Waals surface area contributed by atoms with Crippen molar-refractivity contribution in [2.24, 2.45) is 0 Å². The number of carbonyl (C=O) groups excluding carboxylic acids is 1. The summed E-state index contributed by atoms with van der Waals surface area (Å²) in [6, 6.07) is 0.479.